The van der Waals surface area contributed by atoms with Crippen molar-refractivity contribution in [3.63, 3.8) is 0 Å². The molecule has 2 heteroatoms. The molecule has 0 fully saturated rings. The van der Waals surface area contributed by atoms with E-state index >= 15 is 0 Å². The van der Waals surface area contributed by atoms with Crippen molar-refractivity contribution in [3.05, 3.63) is 65.2 Å². The minimum atomic E-state index is 0.901. The zero-order chi connectivity index (χ0) is 16.8. The van der Waals surface area contributed by atoms with E-state index in [2.05, 4.69) is 75.1 Å². The van der Waals surface area contributed by atoms with Gasteiger partial charge < -0.3 is 9.64 Å². The van der Waals surface area contributed by atoms with Crippen molar-refractivity contribution in [2.75, 3.05) is 25.1 Å². The number of anilines is 1. The highest BCUT2D eigenvalue weighted by atomic mass is 16.5. The van der Waals surface area contributed by atoms with E-state index in [9.17, 15) is 0 Å². The molecule has 2 rings (SSSR count). The Balaban J connectivity index is 2.35. The number of hydrogen-bond donors (Lipinski definition) is 0. The molecule has 0 aliphatic rings. The maximum Gasteiger partial charge on any atom is 0.119 e. The molecule has 0 bridgehead atoms. The maximum atomic E-state index is 5.31. The Hall–Kier alpha value is -2.22. The van der Waals surface area contributed by atoms with Gasteiger partial charge in [-0.1, -0.05) is 24.3 Å². The first-order chi connectivity index (χ1) is 11.1. The van der Waals surface area contributed by atoms with Crippen LogP contribution in [0.5, 0.6) is 5.75 Å². The zero-order valence-corrected chi connectivity index (χ0v) is 14.9. The largest absolute Gasteiger partial charge is 0.497 e. The quantitative estimate of drug-likeness (QED) is 0.718. The average Bonchev–Trinajstić information content (AvgIpc) is 2.59. The third-order valence-corrected chi connectivity index (χ3v) is 4.32. The highest BCUT2D eigenvalue weighted by Crippen LogP contribution is 2.29. The second kappa shape index (κ2) is 7.87. The Bertz CT molecular complexity index is 667. The van der Waals surface area contributed by atoms with Crippen LogP contribution in [0.1, 0.15) is 37.5 Å². The number of hydrogen-bond acceptors (Lipinski definition) is 2. The van der Waals surface area contributed by atoms with E-state index in [1.54, 1.807) is 7.11 Å². The Labute approximate surface area is 140 Å². The van der Waals surface area contributed by atoms with Crippen molar-refractivity contribution in [1.29, 1.82) is 0 Å². The van der Waals surface area contributed by atoms with Gasteiger partial charge >= 0.3 is 0 Å². The normalized spacial score (nSPS) is 11.4. The second-order valence-electron chi connectivity index (χ2n) is 5.60. The lowest BCUT2D eigenvalue weighted by atomic mass is 9.94. The molecule has 0 atom stereocenters. The van der Waals surface area contributed by atoms with Gasteiger partial charge in [-0.05, 0) is 74.2 Å². The Morgan fingerprint density at radius 3 is 2.17 bits per heavy atom. The molecule has 0 spiro atoms. The molecule has 2 nitrogen and oxygen atoms in total. The lowest BCUT2D eigenvalue weighted by molar-refractivity contribution is 0.414. The molecule has 0 N–H and O–H groups in total. The summed E-state index contributed by atoms with van der Waals surface area (Å²) in [6.07, 6.45) is 2.18. The summed E-state index contributed by atoms with van der Waals surface area (Å²) in [5.74, 6) is 0.901. The number of allylic oxidation sites excluding steroid dienone is 1. The van der Waals surface area contributed by atoms with Gasteiger partial charge in [0, 0.05) is 18.8 Å². The Morgan fingerprint density at radius 2 is 1.70 bits per heavy atom. The van der Waals surface area contributed by atoms with Gasteiger partial charge in [-0.25, -0.2) is 0 Å². The van der Waals surface area contributed by atoms with Crippen molar-refractivity contribution in [2.45, 2.75) is 27.7 Å². The first-order valence-electron chi connectivity index (χ1n) is 8.31. The van der Waals surface area contributed by atoms with Crippen LogP contribution >= 0.6 is 0 Å². The van der Waals surface area contributed by atoms with Gasteiger partial charge in [-0.15, -0.1) is 0 Å². The summed E-state index contributed by atoms with van der Waals surface area (Å²) in [5.41, 5.74) is 6.27. The van der Waals surface area contributed by atoms with E-state index in [-0.39, 0.29) is 0 Å². The van der Waals surface area contributed by atoms with Crippen LogP contribution in [-0.4, -0.2) is 20.2 Å². The summed E-state index contributed by atoms with van der Waals surface area (Å²) < 4.78 is 5.31. The minimum absolute atomic E-state index is 0.901. The summed E-state index contributed by atoms with van der Waals surface area (Å²) in [6.45, 7) is 10.7. The molecule has 0 aromatic heterocycles. The fraction of sp³-hybridized carbons (Fsp3) is 0.333. The summed E-state index contributed by atoms with van der Waals surface area (Å²) in [5, 5.41) is 0. The molecule has 0 saturated heterocycles. The van der Waals surface area contributed by atoms with E-state index in [0.717, 1.165) is 18.8 Å². The number of rotatable bonds is 6. The third kappa shape index (κ3) is 3.76. The van der Waals surface area contributed by atoms with Crippen LogP contribution in [0.2, 0.25) is 0 Å². The van der Waals surface area contributed by atoms with Crippen molar-refractivity contribution < 1.29 is 4.74 Å². The van der Waals surface area contributed by atoms with Gasteiger partial charge in [0.25, 0.3) is 0 Å². The highest BCUT2D eigenvalue weighted by Gasteiger charge is 2.09. The molecular formula is C21H27NO. The van der Waals surface area contributed by atoms with Gasteiger partial charge in [0.15, 0.2) is 0 Å². The van der Waals surface area contributed by atoms with Crippen LogP contribution in [0.15, 0.2) is 48.5 Å². The summed E-state index contributed by atoms with van der Waals surface area (Å²) >= 11 is 0. The minimum Gasteiger partial charge on any atom is -0.497 e. The molecule has 0 aliphatic heterocycles. The van der Waals surface area contributed by atoms with Crippen LogP contribution in [0.3, 0.4) is 0 Å². The molecule has 2 aromatic rings. The molecule has 2 aromatic carbocycles. The van der Waals surface area contributed by atoms with Crippen LogP contribution in [0.4, 0.5) is 5.69 Å². The predicted molar refractivity (Wildman–Crippen MR) is 100 cm³/mol. The van der Waals surface area contributed by atoms with Crippen LogP contribution < -0.4 is 9.64 Å². The Kier molecular flexibility index (Phi) is 5.86. The number of benzene rings is 2. The molecule has 0 unspecified atom stereocenters. The fourth-order valence-electron chi connectivity index (χ4n) is 2.98. The molecular weight excluding hydrogens is 282 g/mol. The molecule has 23 heavy (non-hydrogen) atoms. The number of methoxy groups -OCH3 is 1. The number of nitrogens with zero attached hydrogens (tertiary/aromatic N) is 1. The smallest absolute Gasteiger partial charge is 0.119 e. The molecule has 0 radical (unpaired) electrons. The Morgan fingerprint density at radius 1 is 1.04 bits per heavy atom. The monoisotopic (exact) mass is 309 g/mol. The lowest BCUT2D eigenvalue weighted by Crippen LogP contribution is -2.21. The van der Waals surface area contributed by atoms with E-state index in [4.69, 9.17) is 4.74 Å². The van der Waals surface area contributed by atoms with Crippen LogP contribution in [-0.2, 0) is 0 Å². The zero-order valence-electron chi connectivity index (χ0n) is 14.9. The molecule has 0 heterocycles. The molecule has 122 valence electrons. The van der Waals surface area contributed by atoms with E-state index in [1.165, 1.54) is 28.0 Å². The van der Waals surface area contributed by atoms with Gasteiger partial charge in [0.1, 0.15) is 5.75 Å². The van der Waals surface area contributed by atoms with Gasteiger partial charge in [0.05, 0.1) is 7.11 Å². The standard InChI is InChI=1S/C21H27NO/c1-6-20(21-14-13-19(23-5)15-16(21)4)17-9-11-18(12-10-17)22(7-2)8-3/h6,9-15H,7-8H2,1-5H3/b20-6-. The summed E-state index contributed by atoms with van der Waals surface area (Å²) in [7, 11) is 1.71. The predicted octanol–water partition coefficient (Wildman–Crippen LogP) is 5.30. The van der Waals surface area contributed by atoms with Gasteiger partial charge in [-0.2, -0.15) is 0 Å². The first kappa shape index (κ1) is 17.1. The summed E-state index contributed by atoms with van der Waals surface area (Å²) in [6, 6.07) is 15.1. The summed E-state index contributed by atoms with van der Waals surface area (Å²) in [4.78, 5) is 2.36. The van der Waals surface area contributed by atoms with E-state index in [0.29, 0.717) is 0 Å². The first-order valence-corrected chi connectivity index (χ1v) is 8.31. The average molecular weight is 309 g/mol. The van der Waals surface area contributed by atoms with Crippen molar-refractivity contribution in [3.8, 4) is 5.75 Å². The van der Waals surface area contributed by atoms with Gasteiger partial charge in [-0.3, -0.25) is 0 Å². The van der Waals surface area contributed by atoms with Crippen molar-refractivity contribution >= 4 is 11.3 Å². The third-order valence-electron chi connectivity index (χ3n) is 4.32. The van der Waals surface area contributed by atoms with E-state index < -0.39 is 0 Å². The van der Waals surface area contributed by atoms with E-state index in [1.807, 2.05) is 6.07 Å². The van der Waals surface area contributed by atoms with Crippen LogP contribution in [0, 0.1) is 6.92 Å². The number of aryl methyl sites for hydroxylation is 1. The fourth-order valence-corrected chi connectivity index (χ4v) is 2.98. The molecule has 0 amide bonds. The SMILES string of the molecule is C/C=C(/c1ccc(N(CC)CC)cc1)c1ccc(OC)cc1C. The highest BCUT2D eigenvalue weighted by molar-refractivity contribution is 5.82. The van der Waals surface area contributed by atoms with Crippen molar-refractivity contribution in [1.82, 2.24) is 0 Å². The van der Waals surface area contributed by atoms with Crippen LogP contribution in [0.25, 0.3) is 5.57 Å². The topological polar surface area (TPSA) is 12.5 Å². The van der Waals surface area contributed by atoms with Gasteiger partial charge in [0.2, 0.25) is 0 Å². The molecule has 0 aliphatic carbocycles. The maximum absolute atomic E-state index is 5.31. The van der Waals surface area contributed by atoms with Crippen molar-refractivity contribution in [2.24, 2.45) is 0 Å². The second-order valence-corrected chi connectivity index (χ2v) is 5.60. The molecule has 0 saturated carbocycles. The number of ether oxygens (including phenoxy) is 1. The lowest BCUT2D eigenvalue weighted by Gasteiger charge is -2.21.